The van der Waals surface area contributed by atoms with Crippen molar-refractivity contribution in [3.05, 3.63) is 34.3 Å². The summed E-state index contributed by atoms with van der Waals surface area (Å²) in [5.74, 6) is 1.48. The van der Waals surface area contributed by atoms with E-state index in [1.807, 2.05) is 29.2 Å². The number of fused-ring (bicyclic) bond motifs is 1. The van der Waals surface area contributed by atoms with Gasteiger partial charge in [-0.1, -0.05) is 22.0 Å². The van der Waals surface area contributed by atoms with Crippen LogP contribution in [0.1, 0.15) is 10.4 Å². The fourth-order valence-corrected chi connectivity index (χ4v) is 3.22. The van der Waals surface area contributed by atoms with Crippen LogP contribution in [0.25, 0.3) is 0 Å². The summed E-state index contributed by atoms with van der Waals surface area (Å²) in [6.07, 6.45) is 0. The molecule has 0 saturated carbocycles. The molecule has 0 unspecified atom stereocenters. The summed E-state index contributed by atoms with van der Waals surface area (Å²) in [5, 5.41) is 3.39. The van der Waals surface area contributed by atoms with E-state index in [1.165, 1.54) is 0 Å². The average Bonchev–Trinajstić information content (AvgIpc) is 2.88. The van der Waals surface area contributed by atoms with Gasteiger partial charge in [-0.2, -0.15) is 0 Å². The van der Waals surface area contributed by atoms with Crippen molar-refractivity contribution in [3.8, 4) is 0 Å². The summed E-state index contributed by atoms with van der Waals surface area (Å²) in [6, 6.07) is 7.64. The van der Waals surface area contributed by atoms with Crippen molar-refractivity contribution < 1.29 is 4.79 Å². The molecule has 1 aromatic carbocycles. The third-order valence-corrected chi connectivity index (χ3v) is 4.24. The zero-order valence-corrected chi connectivity index (χ0v) is 12.3. The highest BCUT2D eigenvalue weighted by atomic mass is 79.9. The van der Waals surface area contributed by atoms with Gasteiger partial charge in [-0.3, -0.25) is 4.79 Å². The lowest BCUT2D eigenvalue weighted by Gasteiger charge is -2.17. The van der Waals surface area contributed by atoms with Crippen molar-refractivity contribution in [2.45, 2.75) is 0 Å². The van der Waals surface area contributed by atoms with Crippen LogP contribution in [0.2, 0.25) is 0 Å². The molecule has 1 amide bonds. The van der Waals surface area contributed by atoms with Crippen LogP contribution < -0.4 is 5.32 Å². The number of likely N-dealkylation sites (tertiary alicyclic amines) is 1. The van der Waals surface area contributed by atoms with Crippen LogP contribution in [0.15, 0.2) is 28.7 Å². The van der Waals surface area contributed by atoms with Gasteiger partial charge in [-0.25, -0.2) is 0 Å². The highest BCUT2D eigenvalue weighted by molar-refractivity contribution is 9.10. The van der Waals surface area contributed by atoms with Gasteiger partial charge in [0.25, 0.3) is 5.91 Å². The van der Waals surface area contributed by atoms with E-state index in [0.29, 0.717) is 11.8 Å². The molecule has 3 nitrogen and oxygen atoms in total. The molecule has 1 aromatic rings. The molecule has 2 heterocycles. The standard InChI is InChI=1S/C13H15BrN2O.ClH/c14-12-3-1-2-9(4-12)13(17)16-7-10-5-15-6-11(10)8-16;/h1-4,10-11,15H,5-8H2;1H/t10-,11+;. The number of amides is 1. The molecule has 2 fully saturated rings. The second-order valence-corrected chi connectivity index (χ2v) is 5.81. The Morgan fingerprint density at radius 3 is 2.56 bits per heavy atom. The van der Waals surface area contributed by atoms with Gasteiger partial charge in [0.2, 0.25) is 0 Å². The molecule has 98 valence electrons. The summed E-state index contributed by atoms with van der Waals surface area (Å²) < 4.78 is 0.962. The Morgan fingerprint density at radius 2 is 1.94 bits per heavy atom. The lowest BCUT2D eigenvalue weighted by Crippen LogP contribution is -2.31. The molecule has 0 radical (unpaired) electrons. The molecule has 18 heavy (non-hydrogen) atoms. The molecule has 2 aliphatic rings. The third kappa shape index (κ3) is 2.56. The van der Waals surface area contributed by atoms with E-state index in [2.05, 4.69) is 21.2 Å². The maximum absolute atomic E-state index is 12.3. The van der Waals surface area contributed by atoms with Gasteiger partial charge < -0.3 is 10.2 Å². The third-order valence-electron chi connectivity index (χ3n) is 3.75. The van der Waals surface area contributed by atoms with Crippen molar-refractivity contribution in [3.63, 3.8) is 0 Å². The predicted molar refractivity (Wildman–Crippen MR) is 77.1 cm³/mol. The van der Waals surface area contributed by atoms with Gasteiger partial charge >= 0.3 is 0 Å². The van der Waals surface area contributed by atoms with Gasteiger partial charge in [0, 0.05) is 36.2 Å². The molecule has 2 aliphatic heterocycles. The predicted octanol–water partition coefficient (Wildman–Crippen LogP) is 2.16. The smallest absolute Gasteiger partial charge is 0.253 e. The Kier molecular flexibility index (Phi) is 4.30. The maximum Gasteiger partial charge on any atom is 0.253 e. The largest absolute Gasteiger partial charge is 0.338 e. The van der Waals surface area contributed by atoms with Crippen LogP contribution in [0, 0.1) is 11.8 Å². The molecular weight excluding hydrogens is 316 g/mol. The Hall–Kier alpha value is -0.580. The minimum absolute atomic E-state index is 0. The number of benzene rings is 1. The first-order chi connectivity index (χ1) is 8.24. The van der Waals surface area contributed by atoms with E-state index in [1.54, 1.807) is 0 Å². The van der Waals surface area contributed by atoms with E-state index in [0.717, 1.165) is 36.2 Å². The summed E-state index contributed by atoms with van der Waals surface area (Å²) in [4.78, 5) is 14.3. The summed E-state index contributed by atoms with van der Waals surface area (Å²) in [7, 11) is 0. The summed E-state index contributed by atoms with van der Waals surface area (Å²) in [6.45, 7) is 3.94. The van der Waals surface area contributed by atoms with Crippen molar-refractivity contribution in [2.75, 3.05) is 26.2 Å². The molecular formula is C13H16BrClN2O. The Bertz CT molecular complexity index is 442. The van der Waals surface area contributed by atoms with Crippen LogP contribution in [0.3, 0.4) is 0 Å². The Morgan fingerprint density at radius 1 is 1.28 bits per heavy atom. The first-order valence-corrected chi connectivity index (χ1v) is 6.79. The average molecular weight is 332 g/mol. The topological polar surface area (TPSA) is 32.3 Å². The van der Waals surface area contributed by atoms with Crippen molar-refractivity contribution in [2.24, 2.45) is 11.8 Å². The van der Waals surface area contributed by atoms with Crippen molar-refractivity contribution >= 4 is 34.2 Å². The lowest BCUT2D eigenvalue weighted by atomic mass is 10.0. The highest BCUT2D eigenvalue weighted by Gasteiger charge is 2.38. The zero-order chi connectivity index (χ0) is 11.8. The molecule has 0 bridgehead atoms. The summed E-state index contributed by atoms with van der Waals surface area (Å²) in [5.41, 5.74) is 0.785. The Balaban J connectivity index is 0.00000120. The minimum Gasteiger partial charge on any atom is -0.338 e. The number of nitrogens with one attached hydrogen (secondary N) is 1. The van der Waals surface area contributed by atoms with E-state index in [9.17, 15) is 4.79 Å². The molecule has 1 N–H and O–H groups in total. The van der Waals surface area contributed by atoms with Crippen LogP contribution >= 0.6 is 28.3 Å². The maximum atomic E-state index is 12.3. The van der Waals surface area contributed by atoms with Crippen molar-refractivity contribution in [1.82, 2.24) is 10.2 Å². The lowest BCUT2D eigenvalue weighted by molar-refractivity contribution is 0.0781. The van der Waals surface area contributed by atoms with E-state index in [4.69, 9.17) is 0 Å². The zero-order valence-electron chi connectivity index (χ0n) is 9.93. The van der Waals surface area contributed by atoms with Crippen LogP contribution in [0.5, 0.6) is 0 Å². The number of halogens is 2. The second-order valence-electron chi connectivity index (χ2n) is 4.90. The number of hydrogen-bond donors (Lipinski definition) is 1. The van der Waals surface area contributed by atoms with Crippen LogP contribution in [-0.2, 0) is 0 Å². The van der Waals surface area contributed by atoms with E-state index in [-0.39, 0.29) is 18.3 Å². The fourth-order valence-electron chi connectivity index (χ4n) is 2.83. The fraction of sp³-hybridized carbons (Fsp3) is 0.462. The molecule has 0 aliphatic carbocycles. The molecule has 2 atom stereocenters. The minimum atomic E-state index is 0. The monoisotopic (exact) mass is 330 g/mol. The van der Waals surface area contributed by atoms with Gasteiger partial charge in [-0.15, -0.1) is 12.4 Å². The number of carbonyl (C=O) groups excluding carboxylic acids is 1. The van der Waals surface area contributed by atoms with Crippen LogP contribution in [0.4, 0.5) is 0 Å². The number of hydrogen-bond acceptors (Lipinski definition) is 2. The van der Waals surface area contributed by atoms with Gasteiger partial charge in [0.05, 0.1) is 0 Å². The van der Waals surface area contributed by atoms with E-state index >= 15 is 0 Å². The summed E-state index contributed by atoms with van der Waals surface area (Å²) >= 11 is 3.41. The molecule has 0 aromatic heterocycles. The first kappa shape index (κ1) is 13.8. The van der Waals surface area contributed by atoms with Gasteiger partial charge in [-0.05, 0) is 30.0 Å². The highest BCUT2D eigenvalue weighted by Crippen LogP contribution is 2.27. The molecule has 3 rings (SSSR count). The molecule has 0 spiro atoms. The van der Waals surface area contributed by atoms with Gasteiger partial charge in [0.15, 0.2) is 0 Å². The number of carbonyl (C=O) groups is 1. The Labute approximate surface area is 121 Å². The normalized spacial score (nSPS) is 25.7. The second kappa shape index (κ2) is 5.59. The molecule has 2 saturated heterocycles. The SMILES string of the molecule is Cl.O=C(c1cccc(Br)c1)N1C[C@H]2CNC[C@H]2C1. The van der Waals surface area contributed by atoms with E-state index < -0.39 is 0 Å². The molecule has 5 heteroatoms. The van der Waals surface area contributed by atoms with Gasteiger partial charge in [0.1, 0.15) is 0 Å². The number of rotatable bonds is 1. The number of nitrogens with zero attached hydrogens (tertiary/aromatic N) is 1. The van der Waals surface area contributed by atoms with Crippen molar-refractivity contribution in [1.29, 1.82) is 0 Å². The van der Waals surface area contributed by atoms with Crippen LogP contribution in [-0.4, -0.2) is 37.0 Å². The quantitative estimate of drug-likeness (QED) is 0.855. The first-order valence-electron chi connectivity index (χ1n) is 5.99.